The molecule has 1 amide bonds. The molecule has 2 N–H and O–H groups in total. The summed E-state index contributed by atoms with van der Waals surface area (Å²) < 4.78 is 23.3. The van der Waals surface area contributed by atoms with Gasteiger partial charge in [-0.1, -0.05) is 222 Å². The lowest BCUT2D eigenvalue weighted by molar-refractivity contribution is -0.870. The van der Waals surface area contributed by atoms with Gasteiger partial charge in [-0.25, -0.2) is 0 Å². The van der Waals surface area contributed by atoms with Gasteiger partial charge in [-0.15, -0.1) is 0 Å². The molecule has 0 aromatic rings. The molecule has 0 radical (unpaired) electrons. The van der Waals surface area contributed by atoms with Gasteiger partial charge in [0.25, 0.3) is 7.82 Å². The standard InChI is InChI=1S/C56H103N2O6P/c1-6-8-10-12-14-16-18-20-22-23-24-25-26-27-28-29-30-31-32-33-34-35-36-38-40-42-44-46-48-50-56(60)57-54(53-64-65(61,62)63-52-51-58(3,4)5)55(59)49-47-45-43-41-39-37-21-19-17-15-13-11-9-7-2/h8,10,14,16,20,22,24-25,39,41,47,49,54-55,59H,6-7,9,11-13,15,17-19,21,23,26-38,40,42-46,48,50-53H2,1-5H3,(H-,57,60,61,62)/b10-8-,16-14-,22-20-,25-24-,41-39+,49-47+. The van der Waals surface area contributed by atoms with Gasteiger partial charge in [0.1, 0.15) is 13.2 Å². The van der Waals surface area contributed by atoms with Crippen molar-refractivity contribution in [2.24, 2.45) is 0 Å². The topological polar surface area (TPSA) is 108 Å². The fourth-order valence-corrected chi connectivity index (χ4v) is 8.18. The van der Waals surface area contributed by atoms with Gasteiger partial charge in [-0.05, 0) is 70.6 Å². The summed E-state index contributed by atoms with van der Waals surface area (Å²) in [5.74, 6) is -0.209. The molecule has 3 atom stereocenters. The van der Waals surface area contributed by atoms with E-state index in [1.165, 1.54) is 141 Å². The minimum Gasteiger partial charge on any atom is -0.756 e. The molecule has 378 valence electrons. The van der Waals surface area contributed by atoms with E-state index in [2.05, 4.69) is 79.9 Å². The summed E-state index contributed by atoms with van der Waals surface area (Å²) in [6, 6.07) is -0.905. The number of phosphoric acid groups is 1. The maximum Gasteiger partial charge on any atom is 0.268 e. The van der Waals surface area contributed by atoms with Gasteiger partial charge >= 0.3 is 0 Å². The first-order valence-electron chi connectivity index (χ1n) is 26.8. The average Bonchev–Trinajstić information content (AvgIpc) is 3.26. The number of rotatable bonds is 48. The summed E-state index contributed by atoms with van der Waals surface area (Å²) in [4.78, 5) is 25.4. The Kier molecular flexibility index (Phi) is 45.5. The van der Waals surface area contributed by atoms with Crippen LogP contribution >= 0.6 is 7.82 Å². The maximum absolute atomic E-state index is 12.9. The number of nitrogens with zero attached hydrogens (tertiary/aromatic N) is 1. The monoisotopic (exact) mass is 931 g/mol. The van der Waals surface area contributed by atoms with Crippen molar-refractivity contribution < 1.29 is 32.9 Å². The Labute approximate surface area is 402 Å². The molecule has 0 saturated heterocycles. The van der Waals surface area contributed by atoms with Gasteiger partial charge in [-0.2, -0.15) is 0 Å². The van der Waals surface area contributed by atoms with Crippen molar-refractivity contribution in [1.29, 1.82) is 0 Å². The fourth-order valence-electron chi connectivity index (χ4n) is 7.45. The highest BCUT2D eigenvalue weighted by Crippen LogP contribution is 2.38. The zero-order valence-electron chi connectivity index (χ0n) is 42.9. The number of hydrogen-bond donors (Lipinski definition) is 2. The van der Waals surface area contributed by atoms with E-state index >= 15 is 0 Å². The lowest BCUT2D eigenvalue weighted by Crippen LogP contribution is -2.45. The van der Waals surface area contributed by atoms with Crippen molar-refractivity contribution in [1.82, 2.24) is 5.32 Å². The maximum atomic E-state index is 12.9. The molecule has 0 bridgehead atoms. The molecule has 0 saturated carbocycles. The summed E-state index contributed by atoms with van der Waals surface area (Å²) in [7, 11) is 1.24. The second-order valence-corrected chi connectivity index (χ2v) is 20.6. The van der Waals surface area contributed by atoms with E-state index in [0.717, 1.165) is 64.2 Å². The average molecular weight is 931 g/mol. The number of unbranched alkanes of at least 4 members (excludes halogenated alkanes) is 25. The third-order valence-electron chi connectivity index (χ3n) is 11.7. The molecule has 9 heteroatoms. The molecule has 0 aliphatic rings. The van der Waals surface area contributed by atoms with Gasteiger partial charge in [-0.3, -0.25) is 9.36 Å². The number of likely N-dealkylation sites (N-methyl/N-ethyl adjacent to an activating group) is 1. The van der Waals surface area contributed by atoms with Gasteiger partial charge in [0.15, 0.2) is 0 Å². The third-order valence-corrected chi connectivity index (χ3v) is 12.6. The number of quaternary nitrogens is 1. The summed E-state index contributed by atoms with van der Waals surface area (Å²) in [6.07, 6.45) is 64.0. The molecule has 0 rings (SSSR count). The molecule has 0 fully saturated rings. The SMILES string of the molecule is CC/C=C\C/C=C\C/C=C\C/C=C\CCCCCCCCCCCCCCCCCCC(=O)NC(COP(=O)([O-])OCC[N+](C)(C)C)C(O)/C=C/CC/C=C/CCCCCCCCCC. The molecular formula is C56H103N2O6P. The summed E-state index contributed by atoms with van der Waals surface area (Å²) >= 11 is 0. The summed E-state index contributed by atoms with van der Waals surface area (Å²) in [5.41, 5.74) is 0. The van der Waals surface area contributed by atoms with E-state index in [-0.39, 0.29) is 12.5 Å². The largest absolute Gasteiger partial charge is 0.756 e. The molecule has 8 nitrogen and oxygen atoms in total. The number of hydrogen-bond acceptors (Lipinski definition) is 6. The summed E-state index contributed by atoms with van der Waals surface area (Å²) in [6.45, 7) is 4.51. The number of aliphatic hydroxyl groups is 1. The van der Waals surface area contributed by atoms with Crippen molar-refractivity contribution in [3.05, 3.63) is 72.9 Å². The van der Waals surface area contributed by atoms with Crippen molar-refractivity contribution in [3.8, 4) is 0 Å². The quantitative estimate of drug-likeness (QED) is 0.0272. The van der Waals surface area contributed by atoms with Crippen LogP contribution in [0.3, 0.4) is 0 Å². The number of aliphatic hydroxyl groups excluding tert-OH is 1. The lowest BCUT2D eigenvalue weighted by atomic mass is 10.0. The number of carbonyl (C=O) groups is 1. The molecule has 3 unspecified atom stereocenters. The molecular weight excluding hydrogens is 828 g/mol. The van der Waals surface area contributed by atoms with Crippen LogP contribution in [0.4, 0.5) is 0 Å². The Morgan fingerprint density at radius 1 is 0.554 bits per heavy atom. The van der Waals surface area contributed by atoms with Crippen LogP contribution in [0, 0.1) is 0 Å². The molecule has 0 aliphatic heterocycles. The molecule has 0 aromatic carbocycles. The highest BCUT2D eigenvalue weighted by atomic mass is 31.2. The van der Waals surface area contributed by atoms with Gasteiger partial charge in [0.05, 0.1) is 39.9 Å². The van der Waals surface area contributed by atoms with E-state index in [1.807, 2.05) is 27.2 Å². The number of phosphoric ester groups is 1. The van der Waals surface area contributed by atoms with Crippen LogP contribution in [0.1, 0.15) is 226 Å². The van der Waals surface area contributed by atoms with Gasteiger partial charge < -0.3 is 28.8 Å². The molecule has 0 spiro atoms. The Bertz CT molecular complexity index is 1290. The molecule has 0 heterocycles. The molecule has 65 heavy (non-hydrogen) atoms. The van der Waals surface area contributed by atoms with Crippen LogP contribution in [-0.2, 0) is 18.4 Å². The predicted molar refractivity (Wildman–Crippen MR) is 279 cm³/mol. The van der Waals surface area contributed by atoms with Crippen LogP contribution in [0.15, 0.2) is 72.9 Å². The Balaban J connectivity index is 4.16. The van der Waals surface area contributed by atoms with E-state index in [4.69, 9.17) is 9.05 Å². The Hall–Kier alpha value is -2.06. The minimum atomic E-state index is -4.60. The number of amides is 1. The molecule has 0 aromatic heterocycles. The van der Waals surface area contributed by atoms with Crippen molar-refractivity contribution in [2.45, 2.75) is 238 Å². The lowest BCUT2D eigenvalue weighted by Gasteiger charge is -2.29. The second-order valence-electron chi connectivity index (χ2n) is 19.2. The zero-order chi connectivity index (χ0) is 47.8. The van der Waals surface area contributed by atoms with Crippen LogP contribution in [-0.4, -0.2) is 68.5 Å². The van der Waals surface area contributed by atoms with Crippen molar-refractivity contribution in [2.75, 3.05) is 40.9 Å². The number of allylic oxidation sites excluding steroid dienone is 11. The first kappa shape index (κ1) is 62.9. The van der Waals surface area contributed by atoms with Crippen LogP contribution in [0.5, 0.6) is 0 Å². The number of carbonyl (C=O) groups excluding carboxylic acids is 1. The smallest absolute Gasteiger partial charge is 0.268 e. The van der Waals surface area contributed by atoms with Crippen LogP contribution in [0.2, 0.25) is 0 Å². The van der Waals surface area contributed by atoms with Crippen LogP contribution < -0.4 is 10.2 Å². The van der Waals surface area contributed by atoms with Crippen LogP contribution in [0.25, 0.3) is 0 Å². The van der Waals surface area contributed by atoms with Crippen molar-refractivity contribution in [3.63, 3.8) is 0 Å². The highest BCUT2D eigenvalue weighted by Gasteiger charge is 2.23. The van der Waals surface area contributed by atoms with E-state index in [0.29, 0.717) is 17.4 Å². The first-order valence-corrected chi connectivity index (χ1v) is 28.3. The summed E-state index contributed by atoms with van der Waals surface area (Å²) in [5, 5.41) is 13.8. The van der Waals surface area contributed by atoms with E-state index in [9.17, 15) is 19.4 Å². The van der Waals surface area contributed by atoms with E-state index in [1.54, 1.807) is 6.08 Å². The Morgan fingerprint density at radius 2 is 0.954 bits per heavy atom. The third kappa shape index (κ3) is 49.7. The fraction of sp³-hybridized carbons (Fsp3) is 0.768. The van der Waals surface area contributed by atoms with Crippen molar-refractivity contribution >= 4 is 13.7 Å². The minimum absolute atomic E-state index is 0.00802. The first-order chi connectivity index (χ1) is 31.5. The van der Waals surface area contributed by atoms with Gasteiger partial charge in [0, 0.05) is 6.42 Å². The number of nitrogens with one attached hydrogen (secondary N) is 1. The highest BCUT2D eigenvalue weighted by molar-refractivity contribution is 7.45. The van der Waals surface area contributed by atoms with Gasteiger partial charge in [0.2, 0.25) is 5.91 Å². The second kappa shape index (κ2) is 47.0. The predicted octanol–water partition coefficient (Wildman–Crippen LogP) is 15.3. The normalized spacial score (nSPS) is 14.6. The Morgan fingerprint density at radius 3 is 1.43 bits per heavy atom. The zero-order valence-corrected chi connectivity index (χ0v) is 43.8. The molecule has 0 aliphatic carbocycles. The van der Waals surface area contributed by atoms with E-state index < -0.39 is 26.6 Å².